The van der Waals surface area contributed by atoms with Gasteiger partial charge < -0.3 is 16.2 Å². The Bertz CT molecular complexity index is 585. The van der Waals surface area contributed by atoms with Gasteiger partial charge in [0.15, 0.2) is 0 Å². The molecule has 2 aromatic rings. The Morgan fingerprint density at radius 2 is 2.05 bits per heavy atom. The lowest BCUT2D eigenvalue weighted by Gasteiger charge is -2.29. The number of para-hydroxylation sites is 1. The Morgan fingerprint density at radius 1 is 1.21 bits per heavy atom. The molecule has 4 nitrogen and oxygen atoms in total. The molecule has 1 aromatic heterocycles. The molecule has 0 aliphatic heterocycles. The molecule has 1 aromatic carbocycles. The third kappa shape index (κ3) is 2.36. The van der Waals surface area contributed by atoms with Crippen LogP contribution in [0.2, 0.25) is 0 Å². The molecule has 1 aliphatic rings. The molecule has 3 rings (SSSR count). The molecule has 1 saturated carbocycles. The number of anilines is 2. The first-order chi connectivity index (χ1) is 9.25. The van der Waals surface area contributed by atoms with E-state index >= 15 is 0 Å². The molecule has 19 heavy (non-hydrogen) atoms. The van der Waals surface area contributed by atoms with Gasteiger partial charge in [-0.15, -0.1) is 0 Å². The summed E-state index contributed by atoms with van der Waals surface area (Å²) in [5.41, 5.74) is 8.45. The molecule has 0 spiro atoms. The summed E-state index contributed by atoms with van der Waals surface area (Å²) in [5.74, 6) is 0. The summed E-state index contributed by atoms with van der Waals surface area (Å²) in [5, 5.41) is 14.5. The van der Waals surface area contributed by atoms with Crippen LogP contribution in [0, 0.1) is 0 Å². The molecular formula is C15H19N3O. The van der Waals surface area contributed by atoms with Crippen LogP contribution < -0.4 is 11.1 Å². The second kappa shape index (κ2) is 5.05. The second-order valence-corrected chi connectivity index (χ2v) is 5.20. The lowest BCUT2D eigenvalue weighted by molar-refractivity contribution is 0.116. The number of aromatic nitrogens is 1. The van der Waals surface area contributed by atoms with Gasteiger partial charge in [0.2, 0.25) is 0 Å². The van der Waals surface area contributed by atoms with Crippen LogP contribution in [0.25, 0.3) is 10.9 Å². The van der Waals surface area contributed by atoms with E-state index in [9.17, 15) is 5.11 Å². The van der Waals surface area contributed by atoms with Gasteiger partial charge in [-0.25, -0.2) is 0 Å². The minimum absolute atomic E-state index is 0.126. The lowest BCUT2D eigenvalue weighted by Crippen LogP contribution is -2.36. The molecule has 100 valence electrons. The minimum Gasteiger partial charge on any atom is -0.397 e. The molecule has 0 radical (unpaired) electrons. The number of nitrogens with one attached hydrogen (secondary N) is 1. The molecule has 2 atom stereocenters. The van der Waals surface area contributed by atoms with Crippen LogP contribution in [0.3, 0.4) is 0 Å². The summed E-state index contributed by atoms with van der Waals surface area (Å²) in [6.45, 7) is 0. The van der Waals surface area contributed by atoms with Crippen molar-refractivity contribution in [1.82, 2.24) is 4.98 Å². The van der Waals surface area contributed by atoms with E-state index < -0.39 is 0 Å². The number of aliphatic hydroxyl groups excluding tert-OH is 1. The molecular weight excluding hydrogens is 238 g/mol. The summed E-state index contributed by atoms with van der Waals surface area (Å²) in [4.78, 5) is 4.33. The largest absolute Gasteiger partial charge is 0.397 e. The Morgan fingerprint density at radius 3 is 2.89 bits per heavy atom. The molecule has 0 amide bonds. The third-order valence-electron chi connectivity index (χ3n) is 3.87. The number of aliphatic hydroxyl groups is 1. The van der Waals surface area contributed by atoms with Gasteiger partial charge in [-0.2, -0.15) is 0 Å². The summed E-state index contributed by atoms with van der Waals surface area (Å²) in [6.07, 6.45) is 5.66. The molecule has 1 aliphatic carbocycles. The molecule has 0 saturated heterocycles. The van der Waals surface area contributed by atoms with Gasteiger partial charge in [-0.1, -0.05) is 25.0 Å². The Kier molecular flexibility index (Phi) is 3.25. The number of benzene rings is 1. The number of hydrogen-bond acceptors (Lipinski definition) is 4. The number of nitrogen functional groups attached to an aromatic ring is 1. The van der Waals surface area contributed by atoms with Crippen molar-refractivity contribution in [3.05, 3.63) is 30.5 Å². The zero-order valence-electron chi connectivity index (χ0n) is 10.8. The van der Waals surface area contributed by atoms with Crippen LogP contribution >= 0.6 is 0 Å². The van der Waals surface area contributed by atoms with E-state index in [0.29, 0.717) is 5.69 Å². The molecule has 0 bridgehead atoms. The third-order valence-corrected chi connectivity index (χ3v) is 3.87. The van der Waals surface area contributed by atoms with Crippen LogP contribution in [-0.2, 0) is 0 Å². The van der Waals surface area contributed by atoms with Crippen molar-refractivity contribution in [3.63, 3.8) is 0 Å². The Balaban J connectivity index is 1.94. The maximum absolute atomic E-state index is 10.1. The first-order valence-electron chi connectivity index (χ1n) is 6.83. The van der Waals surface area contributed by atoms with E-state index in [1.807, 2.05) is 24.3 Å². The van der Waals surface area contributed by atoms with Gasteiger partial charge in [0, 0.05) is 17.3 Å². The van der Waals surface area contributed by atoms with Crippen LogP contribution in [0.1, 0.15) is 25.7 Å². The molecule has 4 heteroatoms. The number of hydrogen-bond donors (Lipinski definition) is 3. The molecule has 2 unspecified atom stereocenters. The van der Waals surface area contributed by atoms with Gasteiger partial charge in [-0.3, -0.25) is 4.98 Å². The van der Waals surface area contributed by atoms with Crippen LogP contribution in [-0.4, -0.2) is 22.2 Å². The van der Waals surface area contributed by atoms with Crippen molar-refractivity contribution in [1.29, 1.82) is 0 Å². The SMILES string of the molecule is Nc1cccc2c(NC3CCCCC3O)ccnc12. The highest BCUT2D eigenvalue weighted by Gasteiger charge is 2.23. The second-order valence-electron chi connectivity index (χ2n) is 5.20. The minimum atomic E-state index is -0.266. The van der Waals surface area contributed by atoms with Gasteiger partial charge >= 0.3 is 0 Å². The summed E-state index contributed by atoms with van der Waals surface area (Å²) < 4.78 is 0. The highest BCUT2D eigenvalue weighted by Crippen LogP contribution is 2.28. The fraction of sp³-hybridized carbons (Fsp3) is 0.400. The Labute approximate surface area is 112 Å². The van der Waals surface area contributed by atoms with Crippen LogP contribution in [0.15, 0.2) is 30.5 Å². The first kappa shape index (κ1) is 12.2. The average Bonchev–Trinajstić information content (AvgIpc) is 2.42. The number of nitrogens with zero attached hydrogens (tertiary/aromatic N) is 1. The van der Waals surface area contributed by atoms with E-state index in [2.05, 4.69) is 10.3 Å². The molecule has 1 heterocycles. The predicted molar refractivity (Wildman–Crippen MR) is 78.0 cm³/mol. The predicted octanol–water partition coefficient (Wildman–Crippen LogP) is 2.53. The average molecular weight is 257 g/mol. The van der Waals surface area contributed by atoms with Gasteiger partial charge in [0.25, 0.3) is 0 Å². The summed E-state index contributed by atoms with van der Waals surface area (Å²) >= 11 is 0. The smallest absolute Gasteiger partial charge is 0.0951 e. The zero-order chi connectivity index (χ0) is 13.2. The number of nitrogens with two attached hydrogens (primary N) is 1. The van der Waals surface area contributed by atoms with Gasteiger partial charge in [0.1, 0.15) is 0 Å². The van der Waals surface area contributed by atoms with E-state index in [1.54, 1.807) is 6.20 Å². The lowest BCUT2D eigenvalue weighted by atomic mass is 9.92. The van der Waals surface area contributed by atoms with Crippen LogP contribution in [0.5, 0.6) is 0 Å². The quantitative estimate of drug-likeness (QED) is 0.723. The summed E-state index contributed by atoms with van der Waals surface area (Å²) in [7, 11) is 0. The van der Waals surface area contributed by atoms with Crippen molar-refractivity contribution >= 4 is 22.3 Å². The number of pyridine rings is 1. The van der Waals surface area contributed by atoms with E-state index in [4.69, 9.17) is 5.73 Å². The maximum atomic E-state index is 10.1. The zero-order valence-corrected chi connectivity index (χ0v) is 10.8. The first-order valence-corrected chi connectivity index (χ1v) is 6.83. The van der Waals surface area contributed by atoms with E-state index in [1.165, 1.54) is 6.42 Å². The van der Waals surface area contributed by atoms with Crippen molar-refractivity contribution in [2.24, 2.45) is 0 Å². The van der Waals surface area contributed by atoms with Crippen molar-refractivity contribution in [2.45, 2.75) is 37.8 Å². The Hall–Kier alpha value is -1.81. The number of fused-ring (bicyclic) bond motifs is 1. The molecule has 1 fully saturated rings. The molecule has 4 N–H and O–H groups in total. The van der Waals surface area contributed by atoms with Crippen molar-refractivity contribution < 1.29 is 5.11 Å². The van der Waals surface area contributed by atoms with E-state index in [0.717, 1.165) is 35.9 Å². The normalized spacial score (nSPS) is 23.4. The summed E-state index contributed by atoms with van der Waals surface area (Å²) in [6, 6.07) is 7.87. The topological polar surface area (TPSA) is 71.2 Å². The standard InChI is InChI=1S/C15H19N3O/c16-11-5-3-4-10-12(8-9-17-15(10)11)18-13-6-1-2-7-14(13)19/h3-5,8-9,13-14,19H,1-2,6-7,16H2,(H,17,18). The van der Waals surface area contributed by atoms with E-state index in [-0.39, 0.29) is 12.1 Å². The van der Waals surface area contributed by atoms with Gasteiger partial charge in [0.05, 0.1) is 23.3 Å². The van der Waals surface area contributed by atoms with Crippen LogP contribution in [0.4, 0.5) is 11.4 Å². The van der Waals surface area contributed by atoms with Crippen molar-refractivity contribution in [3.8, 4) is 0 Å². The van der Waals surface area contributed by atoms with Crippen molar-refractivity contribution in [2.75, 3.05) is 11.1 Å². The number of rotatable bonds is 2. The fourth-order valence-corrected chi connectivity index (χ4v) is 2.80. The van der Waals surface area contributed by atoms with Gasteiger partial charge in [-0.05, 0) is 25.0 Å². The maximum Gasteiger partial charge on any atom is 0.0951 e. The highest BCUT2D eigenvalue weighted by molar-refractivity contribution is 5.97. The monoisotopic (exact) mass is 257 g/mol. The fourth-order valence-electron chi connectivity index (χ4n) is 2.80. The highest BCUT2D eigenvalue weighted by atomic mass is 16.3.